The van der Waals surface area contributed by atoms with Gasteiger partial charge in [-0.3, -0.25) is 4.79 Å². The molecule has 1 N–H and O–H groups in total. The maximum Gasteiger partial charge on any atom is 0.224 e. The molecule has 2 aromatic heterocycles. The van der Waals surface area contributed by atoms with Gasteiger partial charge in [-0.2, -0.15) is 11.3 Å². The Kier molecular flexibility index (Phi) is 4.60. The number of aromatic nitrogens is 1. The van der Waals surface area contributed by atoms with Crippen molar-refractivity contribution < 1.29 is 13.2 Å². The average molecular weight is 356 g/mol. The van der Waals surface area contributed by atoms with E-state index in [0.29, 0.717) is 12.8 Å². The number of carbonyl (C=O) groups excluding carboxylic acids is 1. The van der Waals surface area contributed by atoms with Crippen molar-refractivity contribution in [2.24, 2.45) is 5.92 Å². The molecule has 0 radical (unpaired) electrons. The maximum absolute atomic E-state index is 12.4. The van der Waals surface area contributed by atoms with E-state index in [1.165, 1.54) is 11.3 Å². The summed E-state index contributed by atoms with van der Waals surface area (Å²) in [5.74, 6) is -0.550. The van der Waals surface area contributed by atoms with E-state index >= 15 is 0 Å². The van der Waals surface area contributed by atoms with Crippen LogP contribution in [0.25, 0.3) is 0 Å². The van der Waals surface area contributed by atoms with E-state index in [-0.39, 0.29) is 23.5 Å². The van der Waals surface area contributed by atoms with Crippen LogP contribution in [0.1, 0.15) is 23.0 Å². The molecule has 0 aromatic carbocycles. The summed E-state index contributed by atoms with van der Waals surface area (Å²) in [5, 5.41) is 9.76. The lowest BCUT2D eigenvalue weighted by atomic mass is 10.1. The minimum Gasteiger partial charge on any atom is -0.346 e. The van der Waals surface area contributed by atoms with Crippen LogP contribution in [0.4, 0.5) is 0 Å². The molecule has 1 aliphatic heterocycles. The van der Waals surface area contributed by atoms with E-state index < -0.39 is 15.8 Å². The first-order valence-corrected chi connectivity index (χ1v) is 10.6. The summed E-state index contributed by atoms with van der Waals surface area (Å²) in [6, 6.07) is 1.82. The smallest absolute Gasteiger partial charge is 0.224 e. The largest absolute Gasteiger partial charge is 0.346 e. The molecular weight excluding hydrogens is 340 g/mol. The average Bonchev–Trinajstić information content (AvgIpc) is 3.18. The number of hydrogen-bond acceptors (Lipinski definition) is 6. The number of hydrogen-bond donors (Lipinski definition) is 1. The number of nitrogens with zero attached hydrogens (tertiary/aromatic N) is 1. The molecule has 2 aromatic rings. The molecule has 0 aliphatic carbocycles. The van der Waals surface area contributed by atoms with E-state index in [1.807, 2.05) is 22.2 Å². The van der Waals surface area contributed by atoms with Crippen LogP contribution in [0.3, 0.4) is 0 Å². The molecule has 2 atom stereocenters. The predicted octanol–water partition coefficient (Wildman–Crippen LogP) is 2.04. The first-order chi connectivity index (χ1) is 10.5. The lowest BCUT2D eigenvalue weighted by molar-refractivity contribution is -0.125. The fourth-order valence-electron chi connectivity index (χ4n) is 2.54. The summed E-state index contributed by atoms with van der Waals surface area (Å²) in [6.07, 6.45) is 2.80. The van der Waals surface area contributed by atoms with Crippen molar-refractivity contribution in [3.8, 4) is 0 Å². The van der Waals surface area contributed by atoms with Crippen molar-refractivity contribution in [2.75, 3.05) is 11.5 Å². The molecule has 1 aliphatic rings. The molecule has 118 valence electrons. The van der Waals surface area contributed by atoms with Crippen LogP contribution in [0.5, 0.6) is 0 Å². The van der Waals surface area contributed by atoms with Gasteiger partial charge in [0.2, 0.25) is 5.91 Å². The monoisotopic (exact) mass is 356 g/mol. The number of thiazole rings is 1. The van der Waals surface area contributed by atoms with E-state index in [0.717, 1.165) is 10.6 Å². The van der Waals surface area contributed by atoms with Crippen molar-refractivity contribution >= 4 is 38.4 Å². The molecule has 3 rings (SSSR count). The summed E-state index contributed by atoms with van der Waals surface area (Å²) < 4.78 is 23.1. The van der Waals surface area contributed by atoms with Crippen LogP contribution >= 0.6 is 22.7 Å². The summed E-state index contributed by atoms with van der Waals surface area (Å²) >= 11 is 3.11. The predicted molar refractivity (Wildman–Crippen MR) is 87.8 cm³/mol. The van der Waals surface area contributed by atoms with Crippen molar-refractivity contribution in [1.29, 1.82) is 0 Å². The second kappa shape index (κ2) is 6.47. The second-order valence-electron chi connectivity index (χ2n) is 5.37. The Labute approximate surface area is 137 Å². The Hall–Kier alpha value is -1.25. The van der Waals surface area contributed by atoms with Crippen LogP contribution in [0, 0.1) is 5.92 Å². The van der Waals surface area contributed by atoms with E-state index in [1.54, 1.807) is 17.5 Å². The topological polar surface area (TPSA) is 76.1 Å². The third-order valence-corrected chi connectivity index (χ3v) is 7.08. The molecule has 5 nitrogen and oxygen atoms in total. The van der Waals surface area contributed by atoms with Crippen molar-refractivity contribution in [3.63, 3.8) is 0 Å². The fraction of sp³-hybridized carbons (Fsp3) is 0.429. The molecule has 0 spiro atoms. The van der Waals surface area contributed by atoms with E-state index in [2.05, 4.69) is 10.3 Å². The zero-order chi connectivity index (χ0) is 15.6. The minimum absolute atomic E-state index is 0.0398. The standard InChI is InChI=1S/C14H16N2O3S3/c17-13(11-2-6-22(18,19)9-11)16-12(14-15-3-5-21-14)7-10-1-4-20-8-10/h1,3-5,8,11-12H,2,6-7,9H2,(H,16,17)/t11-,12-/m1/s1. The molecule has 8 heteroatoms. The van der Waals surface area contributed by atoms with Crippen LogP contribution in [0.2, 0.25) is 0 Å². The van der Waals surface area contributed by atoms with E-state index in [9.17, 15) is 13.2 Å². The first kappa shape index (κ1) is 15.6. The lowest BCUT2D eigenvalue weighted by Gasteiger charge is -2.18. The van der Waals surface area contributed by atoms with Gasteiger partial charge in [-0.05, 0) is 28.8 Å². The van der Waals surface area contributed by atoms with Crippen molar-refractivity contribution in [3.05, 3.63) is 39.0 Å². The van der Waals surface area contributed by atoms with Crippen LogP contribution in [-0.2, 0) is 21.1 Å². The highest BCUT2D eigenvalue weighted by molar-refractivity contribution is 7.91. The summed E-state index contributed by atoms with van der Waals surface area (Å²) in [7, 11) is -3.05. The number of amides is 1. The van der Waals surface area contributed by atoms with Gasteiger partial charge in [0, 0.05) is 18.0 Å². The molecule has 0 unspecified atom stereocenters. The van der Waals surface area contributed by atoms with Gasteiger partial charge < -0.3 is 5.32 Å². The highest BCUT2D eigenvalue weighted by atomic mass is 32.2. The Morgan fingerprint density at radius 1 is 1.45 bits per heavy atom. The van der Waals surface area contributed by atoms with Gasteiger partial charge in [0.05, 0.1) is 23.5 Å². The minimum atomic E-state index is -3.05. The Morgan fingerprint density at radius 2 is 2.32 bits per heavy atom. The normalized spacial score (nSPS) is 21.5. The van der Waals surface area contributed by atoms with Crippen LogP contribution in [0.15, 0.2) is 28.4 Å². The SMILES string of the molecule is O=C(N[C@H](Cc1ccsc1)c1nccs1)[C@@H]1CCS(=O)(=O)C1. The molecular formula is C14H16N2O3S3. The summed E-state index contributed by atoms with van der Waals surface area (Å²) in [6.45, 7) is 0. The number of carbonyl (C=O) groups is 1. The third-order valence-electron chi connectivity index (χ3n) is 3.69. The zero-order valence-corrected chi connectivity index (χ0v) is 14.2. The second-order valence-corrected chi connectivity index (χ2v) is 9.30. The molecule has 0 bridgehead atoms. The maximum atomic E-state index is 12.4. The molecule has 1 amide bonds. The molecule has 22 heavy (non-hydrogen) atoms. The van der Waals surface area contributed by atoms with Crippen molar-refractivity contribution in [1.82, 2.24) is 10.3 Å². The molecule has 1 saturated heterocycles. The van der Waals surface area contributed by atoms with Gasteiger partial charge in [0.15, 0.2) is 9.84 Å². The summed E-state index contributed by atoms with van der Waals surface area (Å²) in [4.78, 5) is 16.7. The number of nitrogens with one attached hydrogen (secondary N) is 1. The van der Waals surface area contributed by atoms with Gasteiger partial charge in [0.1, 0.15) is 5.01 Å². The van der Waals surface area contributed by atoms with Gasteiger partial charge in [-0.15, -0.1) is 11.3 Å². The van der Waals surface area contributed by atoms with Gasteiger partial charge in [-0.1, -0.05) is 0 Å². The zero-order valence-electron chi connectivity index (χ0n) is 11.8. The molecule has 0 saturated carbocycles. The van der Waals surface area contributed by atoms with Gasteiger partial charge in [-0.25, -0.2) is 13.4 Å². The number of thiophene rings is 1. The molecule has 3 heterocycles. The number of rotatable bonds is 5. The highest BCUT2D eigenvalue weighted by Gasteiger charge is 2.34. The number of sulfone groups is 1. The summed E-state index contributed by atoms with van der Waals surface area (Å²) in [5.41, 5.74) is 1.14. The van der Waals surface area contributed by atoms with Crippen LogP contribution < -0.4 is 5.32 Å². The quantitative estimate of drug-likeness (QED) is 0.889. The highest BCUT2D eigenvalue weighted by Crippen LogP contribution is 2.24. The fourth-order valence-corrected chi connectivity index (χ4v) is 5.65. The lowest BCUT2D eigenvalue weighted by Crippen LogP contribution is -2.35. The van der Waals surface area contributed by atoms with Gasteiger partial charge >= 0.3 is 0 Å². The Morgan fingerprint density at radius 3 is 2.91 bits per heavy atom. The third kappa shape index (κ3) is 3.74. The van der Waals surface area contributed by atoms with Crippen molar-refractivity contribution in [2.45, 2.75) is 18.9 Å². The first-order valence-electron chi connectivity index (χ1n) is 6.95. The van der Waals surface area contributed by atoms with Gasteiger partial charge in [0.25, 0.3) is 0 Å². The van der Waals surface area contributed by atoms with E-state index in [4.69, 9.17) is 0 Å². The molecule has 1 fully saturated rings. The van der Waals surface area contributed by atoms with Crippen LogP contribution in [-0.4, -0.2) is 30.8 Å². The Bertz CT molecular complexity index is 723. The Balaban J connectivity index is 1.71.